The van der Waals surface area contributed by atoms with Crippen molar-refractivity contribution in [3.8, 4) is 0 Å². The molecule has 0 radical (unpaired) electrons. The van der Waals surface area contributed by atoms with Crippen molar-refractivity contribution in [1.82, 2.24) is 21.3 Å². The molecule has 0 aliphatic carbocycles. The van der Waals surface area contributed by atoms with Gasteiger partial charge in [0.05, 0.1) is 0 Å². The van der Waals surface area contributed by atoms with Gasteiger partial charge in [-0.1, -0.05) is 26.2 Å². The molecule has 0 aliphatic heterocycles. The molecule has 0 fully saturated rings. The number of carboxylic acid groups (broad SMARTS) is 3. The highest BCUT2D eigenvalue weighted by molar-refractivity contribution is 5.86. The Hall–Kier alpha value is -3.38. The van der Waals surface area contributed by atoms with Gasteiger partial charge in [-0.3, -0.25) is 14.4 Å². The molecule has 0 aromatic heterocycles. The number of carboxylic acids is 3. The van der Waals surface area contributed by atoms with Crippen LogP contribution in [0.25, 0.3) is 0 Å². The number of aliphatic carboxylic acids is 3. The van der Waals surface area contributed by atoms with Crippen molar-refractivity contribution in [2.75, 3.05) is 13.1 Å². The molecule has 7 N–H and O–H groups in total. The molecule has 37 heavy (non-hydrogen) atoms. The maximum absolute atomic E-state index is 12.0. The summed E-state index contributed by atoms with van der Waals surface area (Å²) in [5.41, 5.74) is 0. The summed E-state index contributed by atoms with van der Waals surface area (Å²) in [6.45, 7) is 3.13. The second kappa shape index (κ2) is 20.8. The van der Waals surface area contributed by atoms with Crippen molar-refractivity contribution < 1.29 is 44.1 Å². The summed E-state index contributed by atoms with van der Waals surface area (Å²) >= 11 is 0. The lowest BCUT2D eigenvalue weighted by atomic mass is 10.1. The van der Waals surface area contributed by atoms with Gasteiger partial charge in [0.25, 0.3) is 0 Å². The average Bonchev–Trinajstić information content (AvgIpc) is 2.82. The third kappa shape index (κ3) is 19.5. The lowest BCUT2D eigenvalue weighted by molar-refractivity contribution is -0.141. The van der Waals surface area contributed by atoms with E-state index in [0.29, 0.717) is 45.2 Å². The molecule has 0 unspecified atom stereocenters. The largest absolute Gasteiger partial charge is 0.481 e. The van der Waals surface area contributed by atoms with E-state index in [-0.39, 0.29) is 24.7 Å². The molecular formula is C24H42N4O9. The fourth-order valence-corrected chi connectivity index (χ4v) is 3.35. The van der Waals surface area contributed by atoms with Crippen LogP contribution in [0.1, 0.15) is 90.4 Å². The van der Waals surface area contributed by atoms with Crippen molar-refractivity contribution >= 4 is 35.8 Å². The van der Waals surface area contributed by atoms with E-state index < -0.39 is 42.4 Å². The molecule has 2 atom stereocenters. The second-order valence-corrected chi connectivity index (χ2v) is 8.80. The van der Waals surface area contributed by atoms with Crippen molar-refractivity contribution in [2.45, 2.75) is 102 Å². The summed E-state index contributed by atoms with van der Waals surface area (Å²) in [6.07, 6.45) is 6.24. The molecule has 13 nitrogen and oxygen atoms in total. The van der Waals surface area contributed by atoms with Gasteiger partial charge in [0.2, 0.25) is 11.8 Å². The number of unbranched alkanes of at least 4 members (excludes halogenated alkanes) is 5. The third-order valence-electron chi connectivity index (χ3n) is 5.51. The Labute approximate surface area is 217 Å². The SMILES string of the molecule is CCCCNC(=O)CCCCCCC(=O)NCCCC[C@H](NC(=O)N[C@@H](CCC(=O)O)C(=O)O)C(=O)O. The summed E-state index contributed by atoms with van der Waals surface area (Å²) in [7, 11) is 0. The molecule has 0 bridgehead atoms. The Balaban J connectivity index is 4.03. The summed E-state index contributed by atoms with van der Waals surface area (Å²) in [4.78, 5) is 68.6. The molecule has 0 spiro atoms. The highest BCUT2D eigenvalue weighted by Crippen LogP contribution is 2.06. The Kier molecular flexibility index (Phi) is 18.9. The monoisotopic (exact) mass is 530 g/mol. The Morgan fingerprint density at radius 2 is 1.08 bits per heavy atom. The van der Waals surface area contributed by atoms with Gasteiger partial charge in [-0.05, 0) is 44.9 Å². The maximum Gasteiger partial charge on any atom is 0.326 e. The van der Waals surface area contributed by atoms with Crippen LogP contribution in [-0.4, -0.2) is 76.2 Å². The van der Waals surface area contributed by atoms with Gasteiger partial charge in [0.15, 0.2) is 0 Å². The zero-order chi connectivity index (χ0) is 28.1. The Morgan fingerprint density at radius 3 is 1.54 bits per heavy atom. The molecule has 0 saturated heterocycles. The number of carbonyl (C=O) groups is 6. The molecular weight excluding hydrogens is 488 g/mol. The van der Waals surface area contributed by atoms with E-state index in [0.717, 1.165) is 32.1 Å². The van der Waals surface area contributed by atoms with Crippen molar-refractivity contribution in [2.24, 2.45) is 0 Å². The van der Waals surface area contributed by atoms with Gasteiger partial charge in [0.1, 0.15) is 12.1 Å². The van der Waals surface area contributed by atoms with Gasteiger partial charge in [-0.2, -0.15) is 0 Å². The summed E-state index contributed by atoms with van der Waals surface area (Å²) in [6, 6.07) is -3.75. The van der Waals surface area contributed by atoms with E-state index in [1.54, 1.807) is 0 Å². The predicted octanol–water partition coefficient (Wildman–Crippen LogP) is 1.60. The van der Waals surface area contributed by atoms with Crippen LogP contribution in [0.5, 0.6) is 0 Å². The minimum Gasteiger partial charge on any atom is -0.481 e. The summed E-state index contributed by atoms with van der Waals surface area (Å²) in [5.74, 6) is -3.99. The van der Waals surface area contributed by atoms with Crippen molar-refractivity contribution in [3.63, 3.8) is 0 Å². The predicted molar refractivity (Wildman–Crippen MR) is 134 cm³/mol. The maximum atomic E-state index is 12.0. The van der Waals surface area contributed by atoms with Gasteiger partial charge in [0, 0.05) is 32.4 Å². The van der Waals surface area contributed by atoms with E-state index in [1.165, 1.54) is 0 Å². The first-order chi connectivity index (χ1) is 17.6. The number of amides is 4. The number of rotatable bonds is 22. The molecule has 0 aromatic rings. The van der Waals surface area contributed by atoms with Crippen LogP contribution < -0.4 is 21.3 Å². The molecule has 0 aliphatic rings. The minimum atomic E-state index is -1.46. The van der Waals surface area contributed by atoms with E-state index in [1.807, 2.05) is 0 Å². The normalized spacial score (nSPS) is 12.1. The fourth-order valence-electron chi connectivity index (χ4n) is 3.35. The number of hydrogen-bond donors (Lipinski definition) is 7. The first kappa shape index (κ1) is 33.6. The molecule has 212 valence electrons. The zero-order valence-electron chi connectivity index (χ0n) is 21.6. The second-order valence-electron chi connectivity index (χ2n) is 8.80. The standard InChI is InChI=1S/C24H42N4O9/c1-2-3-15-25-19(29)11-6-4-5-7-12-20(30)26-16-9-8-10-17(22(33)34)27-24(37)28-18(23(35)36)13-14-21(31)32/h17-18H,2-16H2,1H3,(H,25,29)(H,26,30)(H,31,32)(H,33,34)(H,35,36)(H2,27,28,37)/t17-,18-/m0/s1. The van der Waals surface area contributed by atoms with E-state index in [2.05, 4.69) is 28.2 Å². The van der Waals surface area contributed by atoms with Crippen LogP contribution in [0.3, 0.4) is 0 Å². The van der Waals surface area contributed by atoms with Crippen LogP contribution in [0.2, 0.25) is 0 Å². The van der Waals surface area contributed by atoms with Gasteiger partial charge in [-0.25, -0.2) is 14.4 Å². The highest BCUT2D eigenvalue weighted by Gasteiger charge is 2.24. The minimum absolute atomic E-state index is 0.0624. The topological polar surface area (TPSA) is 211 Å². The summed E-state index contributed by atoms with van der Waals surface area (Å²) < 4.78 is 0. The van der Waals surface area contributed by atoms with Crippen molar-refractivity contribution in [1.29, 1.82) is 0 Å². The van der Waals surface area contributed by atoms with E-state index >= 15 is 0 Å². The molecule has 0 aromatic carbocycles. The third-order valence-corrected chi connectivity index (χ3v) is 5.51. The smallest absolute Gasteiger partial charge is 0.326 e. The Bertz CT molecular complexity index is 746. The van der Waals surface area contributed by atoms with E-state index in [9.17, 15) is 33.9 Å². The van der Waals surface area contributed by atoms with Crippen LogP contribution in [0.4, 0.5) is 4.79 Å². The quantitative estimate of drug-likeness (QED) is 0.101. The number of urea groups is 1. The highest BCUT2D eigenvalue weighted by atomic mass is 16.4. The van der Waals surface area contributed by atoms with Gasteiger partial charge >= 0.3 is 23.9 Å². The Morgan fingerprint density at radius 1 is 0.595 bits per heavy atom. The van der Waals surface area contributed by atoms with Crippen LogP contribution >= 0.6 is 0 Å². The summed E-state index contributed by atoms with van der Waals surface area (Å²) in [5, 5.41) is 36.9. The van der Waals surface area contributed by atoms with Gasteiger partial charge < -0.3 is 36.6 Å². The van der Waals surface area contributed by atoms with Crippen molar-refractivity contribution in [3.05, 3.63) is 0 Å². The first-order valence-corrected chi connectivity index (χ1v) is 12.8. The lowest BCUT2D eigenvalue weighted by Gasteiger charge is -2.18. The molecule has 13 heteroatoms. The molecule has 4 amide bonds. The number of carbonyl (C=O) groups excluding carboxylic acids is 3. The van der Waals surface area contributed by atoms with Crippen LogP contribution in [-0.2, 0) is 24.0 Å². The van der Waals surface area contributed by atoms with Crippen LogP contribution in [0, 0.1) is 0 Å². The number of hydrogen-bond acceptors (Lipinski definition) is 6. The zero-order valence-corrected chi connectivity index (χ0v) is 21.6. The van der Waals surface area contributed by atoms with Gasteiger partial charge in [-0.15, -0.1) is 0 Å². The fraction of sp³-hybridized carbons (Fsp3) is 0.750. The lowest BCUT2D eigenvalue weighted by Crippen LogP contribution is -2.51. The molecule has 0 heterocycles. The molecule has 0 rings (SSSR count). The molecule has 0 saturated carbocycles. The number of nitrogens with one attached hydrogen (secondary N) is 4. The van der Waals surface area contributed by atoms with Crippen LogP contribution in [0.15, 0.2) is 0 Å². The van der Waals surface area contributed by atoms with E-state index in [4.69, 9.17) is 10.2 Å². The first-order valence-electron chi connectivity index (χ1n) is 12.8. The average molecular weight is 531 g/mol.